The molecule has 3 rings (SSSR count). The standard InChI is InChI=1S/C15H18BrN3O/c1-8-4-11(5-9(2)13(8)16)14-18-15(20-19-14)12-7-17-6-10(12)3/h4-5,10,12,17H,6-7H2,1-3H3/t10-,12-/m1/s1. The number of halogens is 1. The summed E-state index contributed by atoms with van der Waals surface area (Å²) in [5.74, 6) is 2.29. The summed E-state index contributed by atoms with van der Waals surface area (Å²) in [6.45, 7) is 8.29. The lowest BCUT2D eigenvalue weighted by atomic mass is 9.98. The van der Waals surface area contributed by atoms with Crippen LogP contribution in [0.5, 0.6) is 0 Å². The fourth-order valence-electron chi connectivity index (χ4n) is 2.72. The zero-order chi connectivity index (χ0) is 14.3. The lowest BCUT2D eigenvalue weighted by Gasteiger charge is -2.07. The van der Waals surface area contributed by atoms with E-state index in [0.717, 1.165) is 29.0 Å². The lowest BCUT2D eigenvalue weighted by Crippen LogP contribution is -2.08. The van der Waals surface area contributed by atoms with E-state index in [4.69, 9.17) is 4.52 Å². The molecule has 2 aromatic rings. The van der Waals surface area contributed by atoms with Crippen molar-refractivity contribution in [1.82, 2.24) is 15.5 Å². The van der Waals surface area contributed by atoms with Crippen LogP contribution in [0.1, 0.15) is 29.9 Å². The normalized spacial score (nSPS) is 22.4. The summed E-state index contributed by atoms with van der Waals surface area (Å²) in [6.07, 6.45) is 0. The van der Waals surface area contributed by atoms with E-state index in [1.807, 2.05) is 0 Å². The molecular formula is C15H18BrN3O. The Bertz CT molecular complexity index is 615. The molecule has 0 bridgehead atoms. The van der Waals surface area contributed by atoms with Crippen molar-refractivity contribution >= 4 is 15.9 Å². The van der Waals surface area contributed by atoms with Gasteiger partial charge in [0.2, 0.25) is 11.7 Å². The second-order valence-electron chi connectivity index (χ2n) is 5.62. The van der Waals surface area contributed by atoms with Gasteiger partial charge < -0.3 is 9.84 Å². The van der Waals surface area contributed by atoms with Crippen molar-refractivity contribution in [3.8, 4) is 11.4 Å². The van der Waals surface area contributed by atoms with Crippen LogP contribution in [0.4, 0.5) is 0 Å². The molecule has 5 heteroatoms. The quantitative estimate of drug-likeness (QED) is 0.913. The number of nitrogens with zero attached hydrogens (tertiary/aromatic N) is 2. The number of rotatable bonds is 2. The fraction of sp³-hybridized carbons (Fsp3) is 0.467. The minimum atomic E-state index is 0.328. The molecule has 0 saturated carbocycles. The molecule has 0 unspecified atom stereocenters. The van der Waals surface area contributed by atoms with E-state index < -0.39 is 0 Å². The van der Waals surface area contributed by atoms with E-state index in [1.165, 1.54) is 11.1 Å². The Morgan fingerprint density at radius 2 is 1.95 bits per heavy atom. The first-order valence-corrected chi connectivity index (χ1v) is 7.67. The van der Waals surface area contributed by atoms with Gasteiger partial charge in [-0.1, -0.05) is 28.0 Å². The van der Waals surface area contributed by atoms with Gasteiger partial charge in [0.25, 0.3) is 0 Å². The van der Waals surface area contributed by atoms with Crippen molar-refractivity contribution in [1.29, 1.82) is 0 Å². The maximum Gasteiger partial charge on any atom is 0.231 e. The number of nitrogens with one attached hydrogen (secondary N) is 1. The largest absolute Gasteiger partial charge is 0.339 e. The lowest BCUT2D eigenvalue weighted by molar-refractivity contribution is 0.340. The Kier molecular flexibility index (Phi) is 3.65. The molecule has 4 nitrogen and oxygen atoms in total. The molecule has 1 aromatic carbocycles. The zero-order valence-electron chi connectivity index (χ0n) is 11.9. The smallest absolute Gasteiger partial charge is 0.231 e. The van der Waals surface area contributed by atoms with Crippen LogP contribution in [0.3, 0.4) is 0 Å². The molecule has 1 aromatic heterocycles. The van der Waals surface area contributed by atoms with Crippen LogP contribution < -0.4 is 5.32 Å². The summed E-state index contributed by atoms with van der Waals surface area (Å²) in [5, 5.41) is 7.51. The molecule has 0 aliphatic carbocycles. The average molecular weight is 336 g/mol. The molecule has 1 N–H and O–H groups in total. The molecule has 1 saturated heterocycles. The first-order valence-electron chi connectivity index (χ1n) is 6.87. The van der Waals surface area contributed by atoms with Gasteiger partial charge in [0, 0.05) is 16.6 Å². The van der Waals surface area contributed by atoms with Gasteiger partial charge in [-0.05, 0) is 49.6 Å². The number of aromatic nitrogens is 2. The van der Waals surface area contributed by atoms with E-state index in [9.17, 15) is 0 Å². The molecule has 1 aliphatic heterocycles. The van der Waals surface area contributed by atoms with Crippen molar-refractivity contribution in [2.75, 3.05) is 13.1 Å². The van der Waals surface area contributed by atoms with Crippen LogP contribution in [0, 0.1) is 19.8 Å². The maximum absolute atomic E-state index is 5.47. The monoisotopic (exact) mass is 335 g/mol. The zero-order valence-corrected chi connectivity index (χ0v) is 13.5. The van der Waals surface area contributed by atoms with E-state index in [2.05, 4.69) is 64.3 Å². The van der Waals surface area contributed by atoms with Crippen molar-refractivity contribution in [3.63, 3.8) is 0 Å². The predicted molar refractivity (Wildman–Crippen MR) is 81.7 cm³/mol. The van der Waals surface area contributed by atoms with Gasteiger partial charge >= 0.3 is 0 Å². The molecule has 20 heavy (non-hydrogen) atoms. The Morgan fingerprint density at radius 1 is 1.25 bits per heavy atom. The summed E-state index contributed by atoms with van der Waals surface area (Å²) in [7, 11) is 0. The van der Waals surface area contributed by atoms with E-state index in [0.29, 0.717) is 17.7 Å². The van der Waals surface area contributed by atoms with E-state index in [1.54, 1.807) is 0 Å². The molecule has 1 fully saturated rings. The highest BCUT2D eigenvalue weighted by Crippen LogP contribution is 2.30. The van der Waals surface area contributed by atoms with Crippen molar-refractivity contribution < 1.29 is 4.52 Å². The number of hydrogen-bond acceptors (Lipinski definition) is 4. The third-order valence-electron chi connectivity index (χ3n) is 3.97. The van der Waals surface area contributed by atoms with Crippen LogP contribution in [0.15, 0.2) is 21.1 Å². The van der Waals surface area contributed by atoms with Gasteiger partial charge in [-0.3, -0.25) is 0 Å². The first kappa shape index (κ1) is 13.8. The summed E-state index contributed by atoms with van der Waals surface area (Å²) < 4.78 is 6.61. The van der Waals surface area contributed by atoms with Gasteiger partial charge in [0.15, 0.2) is 0 Å². The highest BCUT2D eigenvalue weighted by atomic mass is 79.9. The third-order valence-corrected chi connectivity index (χ3v) is 5.22. The van der Waals surface area contributed by atoms with Gasteiger partial charge in [0.1, 0.15) is 0 Å². The minimum absolute atomic E-state index is 0.328. The summed E-state index contributed by atoms with van der Waals surface area (Å²) in [4.78, 5) is 4.59. The Balaban J connectivity index is 1.94. The third kappa shape index (κ3) is 2.40. The first-order chi connectivity index (χ1) is 9.56. The topological polar surface area (TPSA) is 51.0 Å². The van der Waals surface area contributed by atoms with Crippen LogP contribution >= 0.6 is 15.9 Å². The van der Waals surface area contributed by atoms with Crippen LogP contribution in [0.2, 0.25) is 0 Å². The minimum Gasteiger partial charge on any atom is -0.339 e. The molecule has 0 radical (unpaired) electrons. The number of aryl methyl sites for hydroxylation is 2. The second-order valence-corrected chi connectivity index (χ2v) is 6.42. The number of benzene rings is 1. The van der Waals surface area contributed by atoms with Crippen molar-refractivity contribution in [2.45, 2.75) is 26.7 Å². The van der Waals surface area contributed by atoms with Gasteiger partial charge in [0.05, 0.1) is 5.92 Å². The Morgan fingerprint density at radius 3 is 2.55 bits per heavy atom. The van der Waals surface area contributed by atoms with Crippen molar-refractivity contribution in [2.24, 2.45) is 5.92 Å². The van der Waals surface area contributed by atoms with Crippen molar-refractivity contribution in [3.05, 3.63) is 33.6 Å². The predicted octanol–water partition coefficient (Wildman–Crippen LogP) is 3.44. The highest BCUT2D eigenvalue weighted by Gasteiger charge is 2.29. The van der Waals surface area contributed by atoms with E-state index in [-0.39, 0.29) is 0 Å². The molecule has 0 spiro atoms. The van der Waals surface area contributed by atoms with Crippen LogP contribution in [-0.2, 0) is 0 Å². The fourth-order valence-corrected chi connectivity index (χ4v) is 2.95. The molecule has 0 amide bonds. The molecular weight excluding hydrogens is 318 g/mol. The summed E-state index contributed by atoms with van der Waals surface area (Å²) in [6, 6.07) is 4.17. The second kappa shape index (κ2) is 5.30. The van der Waals surface area contributed by atoms with Crippen LogP contribution in [-0.4, -0.2) is 23.2 Å². The summed E-state index contributed by atoms with van der Waals surface area (Å²) in [5.41, 5.74) is 3.38. The highest BCUT2D eigenvalue weighted by molar-refractivity contribution is 9.10. The Hall–Kier alpha value is -1.20. The van der Waals surface area contributed by atoms with Gasteiger partial charge in [-0.25, -0.2) is 0 Å². The summed E-state index contributed by atoms with van der Waals surface area (Å²) >= 11 is 3.58. The molecule has 106 valence electrons. The maximum atomic E-state index is 5.47. The number of hydrogen-bond donors (Lipinski definition) is 1. The molecule has 1 aliphatic rings. The average Bonchev–Trinajstić information content (AvgIpc) is 3.03. The van der Waals surface area contributed by atoms with Gasteiger partial charge in [-0.15, -0.1) is 0 Å². The van der Waals surface area contributed by atoms with Gasteiger partial charge in [-0.2, -0.15) is 4.98 Å². The van der Waals surface area contributed by atoms with E-state index >= 15 is 0 Å². The molecule has 2 heterocycles. The SMILES string of the molecule is Cc1cc(-c2noc([C@@H]3CNC[C@H]3C)n2)cc(C)c1Br. The Labute approximate surface area is 127 Å². The molecule has 2 atom stereocenters. The van der Waals surface area contributed by atoms with Crippen LogP contribution in [0.25, 0.3) is 11.4 Å².